The fourth-order valence-electron chi connectivity index (χ4n) is 7.43. The van der Waals surface area contributed by atoms with Crippen LogP contribution in [0.5, 0.6) is 0 Å². The maximum Gasteiger partial charge on any atom is 0.0542 e. The summed E-state index contributed by atoms with van der Waals surface area (Å²) in [6, 6.07) is 58.8. The molecule has 0 fully saturated rings. The van der Waals surface area contributed by atoms with Gasteiger partial charge in [-0.3, -0.25) is 0 Å². The van der Waals surface area contributed by atoms with Crippen LogP contribution in [0.25, 0.3) is 105 Å². The lowest BCUT2D eigenvalue weighted by atomic mass is 9.98. The zero-order chi connectivity index (χ0) is 32.1. The quantitative estimate of drug-likeness (QED) is 0.175. The van der Waals surface area contributed by atoms with E-state index in [0.717, 1.165) is 0 Å². The molecular weight excluding hydrogens is 649 g/mol. The highest BCUT2D eigenvalue weighted by molar-refractivity contribution is 7.36. The molecule has 11 aromatic rings. The van der Waals surface area contributed by atoms with Crippen molar-refractivity contribution in [3.8, 4) is 32.7 Å². The van der Waals surface area contributed by atoms with Gasteiger partial charge in [0.25, 0.3) is 0 Å². The van der Waals surface area contributed by atoms with Crippen LogP contribution < -0.4 is 0 Å². The SMILES string of the molecule is c1ccc2cc(-c3ccc(-c4ccc5sc(-c6ccc7cc8c(cc7c6)sc6c7cc9ccccc9cc7sc86)cc5c4)cc3)ccc2c1. The standard InChI is InChI=1S/C46H26S3/c1-2-6-30-19-33(14-13-27(30)5-1)28-9-11-29(12-10-28)34-17-18-41-38(20-34)26-42(47-41)36-16-15-35-23-40-44(25-37(35)21-36)49-45-39-22-31-7-3-4-8-32(31)24-43(39)48-46(40)45/h1-26H. The van der Waals surface area contributed by atoms with E-state index < -0.39 is 0 Å². The topological polar surface area (TPSA) is 0 Å². The zero-order valence-electron chi connectivity index (χ0n) is 26.2. The van der Waals surface area contributed by atoms with Gasteiger partial charge in [0, 0.05) is 29.7 Å². The van der Waals surface area contributed by atoms with Gasteiger partial charge >= 0.3 is 0 Å². The van der Waals surface area contributed by atoms with Gasteiger partial charge in [0.1, 0.15) is 0 Å². The molecule has 3 heteroatoms. The van der Waals surface area contributed by atoms with Crippen molar-refractivity contribution in [2.75, 3.05) is 0 Å². The Hall–Kier alpha value is -5.32. The van der Waals surface area contributed by atoms with Gasteiger partial charge in [-0.2, -0.15) is 0 Å². The third kappa shape index (κ3) is 4.47. The van der Waals surface area contributed by atoms with E-state index in [2.05, 4.69) is 158 Å². The van der Waals surface area contributed by atoms with Crippen LogP contribution in [0.1, 0.15) is 0 Å². The molecule has 0 N–H and O–H groups in total. The lowest BCUT2D eigenvalue weighted by Crippen LogP contribution is -1.81. The first-order valence-corrected chi connectivity index (χ1v) is 19.0. The van der Waals surface area contributed by atoms with E-state index >= 15 is 0 Å². The Morgan fingerprint density at radius 1 is 0.265 bits per heavy atom. The Morgan fingerprint density at radius 3 is 1.43 bits per heavy atom. The molecule has 0 aliphatic heterocycles. The normalized spacial score (nSPS) is 12.1. The molecule has 0 aliphatic rings. The maximum atomic E-state index is 2.41. The Kier molecular flexibility index (Phi) is 5.97. The molecule has 228 valence electrons. The number of thiophene rings is 3. The molecule has 0 nitrogen and oxygen atoms in total. The van der Waals surface area contributed by atoms with Gasteiger partial charge in [0.2, 0.25) is 0 Å². The summed E-state index contributed by atoms with van der Waals surface area (Å²) in [5.41, 5.74) is 6.27. The van der Waals surface area contributed by atoms with Crippen molar-refractivity contribution in [2.24, 2.45) is 0 Å². The van der Waals surface area contributed by atoms with Gasteiger partial charge in [0.15, 0.2) is 0 Å². The predicted octanol–water partition coefficient (Wildman–Crippen LogP) is 14.9. The van der Waals surface area contributed by atoms with Crippen molar-refractivity contribution in [2.45, 2.75) is 0 Å². The second-order valence-corrected chi connectivity index (χ2v) is 16.2. The Morgan fingerprint density at radius 2 is 0.735 bits per heavy atom. The first-order chi connectivity index (χ1) is 24.2. The fraction of sp³-hybridized carbons (Fsp3) is 0. The van der Waals surface area contributed by atoms with Crippen LogP contribution in [-0.4, -0.2) is 0 Å². The molecule has 0 bridgehead atoms. The zero-order valence-corrected chi connectivity index (χ0v) is 28.7. The van der Waals surface area contributed by atoms with Crippen molar-refractivity contribution in [3.05, 3.63) is 158 Å². The molecule has 0 aliphatic carbocycles. The summed E-state index contributed by atoms with van der Waals surface area (Å²) in [7, 11) is 0. The highest BCUT2D eigenvalue weighted by Crippen LogP contribution is 2.47. The van der Waals surface area contributed by atoms with Crippen molar-refractivity contribution >= 4 is 106 Å². The van der Waals surface area contributed by atoms with Crippen LogP contribution in [0.3, 0.4) is 0 Å². The van der Waals surface area contributed by atoms with Gasteiger partial charge in [-0.1, -0.05) is 103 Å². The second-order valence-electron chi connectivity index (χ2n) is 13.0. The smallest absolute Gasteiger partial charge is 0.0542 e. The first kappa shape index (κ1) is 27.6. The van der Waals surface area contributed by atoms with Gasteiger partial charge in [-0.15, -0.1) is 34.0 Å². The van der Waals surface area contributed by atoms with Gasteiger partial charge in [0.05, 0.1) is 9.40 Å². The number of benzene rings is 8. The monoisotopic (exact) mass is 674 g/mol. The molecule has 3 heterocycles. The van der Waals surface area contributed by atoms with E-state index in [-0.39, 0.29) is 0 Å². The Balaban J connectivity index is 0.930. The molecule has 0 atom stereocenters. The number of rotatable bonds is 3. The third-order valence-electron chi connectivity index (χ3n) is 10.0. The summed E-state index contributed by atoms with van der Waals surface area (Å²) in [6.07, 6.45) is 0. The lowest BCUT2D eigenvalue weighted by molar-refractivity contribution is 1.62. The molecule has 0 saturated heterocycles. The Labute approximate surface area is 294 Å². The third-order valence-corrected chi connectivity index (χ3v) is 13.7. The summed E-state index contributed by atoms with van der Waals surface area (Å²) in [6.45, 7) is 0. The van der Waals surface area contributed by atoms with Crippen molar-refractivity contribution in [1.82, 2.24) is 0 Å². The maximum absolute atomic E-state index is 2.41. The Bertz CT molecular complexity index is 3100. The van der Waals surface area contributed by atoms with E-state index in [1.165, 1.54) is 105 Å². The summed E-state index contributed by atoms with van der Waals surface area (Å²) in [5.74, 6) is 0. The summed E-state index contributed by atoms with van der Waals surface area (Å²) >= 11 is 5.75. The molecule has 8 aromatic carbocycles. The molecular formula is C46H26S3. The molecule has 0 radical (unpaired) electrons. The van der Waals surface area contributed by atoms with Crippen molar-refractivity contribution < 1.29 is 0 Å². The highest BCUT2D eigenvalue weighted by atomic mass is 32.1. The molecule has 0 amide bonds. The minimum absolute atomic E-state index is 1.24. The van der Waals surface area contributed by atoms with E-state index in [1.54, 1.807) is 0 Å². The fourth-order valence-corrected chi connectivity index (χ4v) is 11.2. The van der Waals surface area contributed by atoms with Crippen LogP contribution in [0.2, 0.25) is 0 Å². The average Bonchev–Trinajstić information content (AvgIpc) is 3.84. The van der Waals surface area contributed by atoms with Gasteiger partial charge in [-0.25, -0.2) is 0 Å². The van der Waals surface area contributed by atoms with Crippen molar-refractivity contribution in [1.29, 1.82) is 0 Å². The van der Waals surface area contributed by atoms with Crippen molar-refractivity contribution in [3.63, 3.8) is 0 Å². The minimum Gasteiger partial charge on any atom is -0.135 e. The number of hydrogen-bond donors (Lipinski definition) is 0. The lowest BCUT2D eigenvalue weighted by Gasteiger charge is -2.07. The van der Waals surface area contributed by atoms with Crippen LogP contribution in [0.15, 0.2) is 158 Å². The highest BCUT2D eigenvalue weighted by Gasteiger charge is 2.15. The largest absolute Gasteiger partial charge is 0.135 e. The second kappa shape index (κ2) is 10.6. The molecule has 0 saturated carbocycles. The predicted molar refractivity (Wildman–Crippen MR) is 219 cm³/mol. The first-order valence-electron chi connectivity index (χ1n) is 16.6. The van der Waals surface area contributed by atoms with E-state index in [4.69, 9.17) is 0 Å². The summed E-state index contributed by atoms with van der Waals surface area (Å²) in [4.78, 5) is 1.31. The number of hydrogen-bond acceptors (Lipinski definition) is 3. The molecule has 0 unspecified atom stereocenters. The van der Waals surface area contributed by atoms with Crippen LogP contribution >= 0.6 is 34.0 Å². The van der Waals surface area contributed by atoms with Gasteiger partial charge in [-0.05, 0) is 120 Å². The van der Waals surface area contributed by atoms with E-state index in [0.29, 0.717) is 0 Å². The molecule has 0 spiro atoms. The molecule has 11 rings (SSSR count). The minimum atomic E-state index is 1.24. The molecule has 3 aromatic heterocycles. The van der Waals surface area contributed by atoms with Crippen LogP contribution in [0, 0.1) is 0 Å². The van der Waals surface area contributed by atoms with E-state index in [9.17, 15) is 0 Å². The van der Waals surface area contributed by atoms with Crippen LogP contribution in [0.4, 0.5) is 0 Å². The average molecular weight is 675 g/mol. The van der Waals surface area contributed by atoms with Gasteiger partial charge < -0.3 is 0 Å². The molecule has 49 heavy (non-hydrogen) atoms. The summed E-state index contributed by atoms with van der Waals surface area (Å²) in [5, 5.41) is 11.8. The van der Waals surface area contributed by atoms with E-state index in [1.807, 2.05) is 34.0 Å². The summed E-state index contributed by atoms with van der Waals surface area (Å²) < 4.78 is 6.90. The number of fused-ring (bicyclic) bond motifs is 9. The van der Waals surface area contributed by atoms with Crippen LogP contribution in [-0.2, 0) is 0 Å².